The SMILES string of the molecule is O=C(NCc1cc(-c2ccccn2)no1)C1CCc2ccccc2C1. The lowest BCUT2D eigenvalue weighted by Crippen LogP contribution is -2.33. The van der Waals surface area contributed by atoms with Crippen molar-refractivity contribution < 1.29 is 9.32 Å². The molecule has 25 heavy (non-hydrogen) atoms. The van der Waals surface area contributed by atoms with Crippen LogP contribution in [0.5, 0.6) is 0 Å². The minimum absolute atomic E-state index is 0.0214. The predicted molar refractivity (Wildman–Crippen MR) is 93.5 cm³/mol. The van der Waals surface area contributed by atoms with Crippen molar-refractivity contribution in [2.24, 2.45) is 5.92 Å². The van der Waals surface area contributed by atoms with Gasteiger partial charge in [0.1, 0.15) is 5.69 Å². The van der Waals surface area contributed by atoms with Crippen LogP contribution >= 0.6 is 0 Å². The normalized spacial score (nSPS) is 16.2. The van der Waals surface area contributed by atoms with E-state index in [2.05, 4.69) is 33.7 Å². The minimum Gasteiger partial charge on any atom is -0.359 e. The molecule has 2 heterocycles. The number of rotatable bonds is 4. The van der Waals surface area contributed by atoms with E-state index in [0.717, 1.165) is 25.0 Å². The molecule has 0 saturated carbocycles. The summed E-state index contributed by atoms with van der Waals surface area (Å²) >= 11 is 0. The van der Waals surface area contributed by atoms with Crippen LogP contribution in [-0.2, 0) is 24.2 Å². The molecule has 0 bridgehead atoms. The molecular weight excluding hydrogens is 314 g/mol. The molecule has 4 rings (SSSR count). The van der Waals surface area contributed by atoms with Gasteiger partial charge in [0.25, 0.3) is 0 Å². The van der Waals surface area contributed by atoms with E-state index in [9.17, 15) is 4.79 Å². The third kappa shape index (κ3) is 3.45. The average Bonchev–Trinajstić information content (AvgIpc) is 3.15. The Kier molecular flexibility index (Phi) is 4.29. The highest BCUT2D eigenvalue weighted by Crippen LogP contribution is 2.25. The van der Waals surface area contributed by atoms with Gasteiger partial charge in [0.2, 0.25) is 5.91 Å². The van der Waals surface area contributed by atoms with E-state index in [0.29, 0.717) is 18.0 Å². The molecule has 2 aromatic heterocycles. The molecule has 1 amide bonds. The highest BCUT2D eigenvalue weighted by atomic mass is 16.5. The Balaban J connectivity index is 1.36. The van der Waals surface area contributed by atoms with Gasteiger partial charge in [-0.1, -0.05) is 35.5 Å². The van der Waals surface area contributed by atoms with Crippen molar-refractivity contribution in [3.8, 4) is 11.4 Å². The number of carbonyl (C=O) groups excluding carboxylic acids is 1. The number of fused-ring (bicyclic) bond motifs is 1. The van der Waals surface area contributed by atoms with E-state index in [1.807, 2.05) is 30.3 Å². The molecule has 0 fully saturated rings. The van der Waals surface area contributed by atoms with Gasteiger partial charge in [-0.2, -0.15) is 0 Å². The summed E-state index contributed by atoms with van der Waals surface area (Å²) in [5, 5.41) is 6.99. The van der Waals surface area contributed by atoms with Crippen LogP contribution in [0.2, 0.25) is 0 Å². The Morgan fingerprint density at radius 2 is 1.96 bits per heavy atom. The second-order valence-corrected chi connectivity index (χ2v) is 6.32. The fourth-order valence-corrected chi connectivity index (χ4v) is 3.27. The molecule has 3 aromatic rings. The molecule has 1 N–H and O–H groups in total. The number of hydrogen-bond donors (Lipinski definition) is 1. The zero-order valence-corrected chi connectivity index (χ0v) is 13.8. The van der Waals surface area contributed by atoms with Gasteiger partial charge in [-0.05, 0) is 42.5 Å². The summed E-state index contributed by atoms with van der Waals surface area (Å²) in [5.74, 6) is 0.726. The number of carbonyl (C=O) groups is 1. The molecule has 1 atom stereocenters. The van der Waals surface area contributed by atoms with E-state index < -0.39 is 0 Å². The number of hydrogen-bond acceptors (Lipinski definition) is 4. The van der Waals surface area contributed by atoms with Crippen LogP contribution < -0.4 is 5.32 Å². The van der Waals surface area contributed by atoms with Crippen LogP contribution in [0.4, 0.5) is 0 Å². The molecule has 0 aliphatic heterocycles. The lowest BCUT2D eigenvalue weighted by Gasteiger charge is -2.23. The molecule has 5 nitrogen and oxygen atoms in total. The van der Waals surface area contributed by atoms with Gasteiger partial charge in [-0.3, -0.25) is 9.78 Å². The molecule has 1 aliphatic rings. The summed E-state index contributed by atoms with van der Waals surface area (Å²) in [5.41, 5.74) is 4.08. The van der Waals surface area contributed by atoms with Crippen LogP contribution in [0.1, 0.15) is 23.3 Å². The minimum atomic E-state index is 0.0214. The van der Waals surface area contributed by atoms with Crippen molar-refractivity contribution in [1.29, 1.82) is 0 Å². The van der Waals surface area contributed by atoms with E-state index in [4.69, 9.17) is 4.52 Å². The number of amides is 1. The van der Waals surface area contributed by atoms with Crippen LogP contribution in [-0.4, -0.2) is 16.0 Å². The maximum atomic E-state index is 12.5. The van der Waals surface area contributed by atoms with Crippen molar-refractivity contribution in [3.05, 3.63) is 71.6 Å². The zero-order chi connectivity index (χ0) is 17.1. The van der Waals surface area contributed by atoms with Crippen molar-refractivity contribution >= 4 is 5.91 Å². The fraction of sp³-hybridized carbons (Fsp3) is 0.250. The average molecular weight is 333 g/mol. The Hall–Kier alpha value is -2.95. The van der Waals surface area contributed by atoms with Crippen LogP contribution in [0, 0.1) is 5.92 Å². The zero-order valence-electron chi connectivity index (χ0n) is 13.8. The Morgan fingerprint density at radius 3 is 2.80 bits per heavy atom. The fourth-order valence-electron chi connectivity index (χ4n) is 3.27. The first-order chi connectivity index (χ1) is 12.3. The first-order valence-corrected chi connectivity index (χ1v) is 8.51. The smallest absolute Gasteiger partial charge is 0.223 e. The summed E-state index contributed by atoms with van der Waals surface area (Å²) in [6.07, 6.45) is 4.36. The van der Waals surface area contributed by atoms with Gasteiger partial charge in [0.05, 0.1) is 12.2 Å². The van der Waals surface area contributed by atoms with Crippen molar-refractivity contribution in [2.45, 2.75) is 25.8 Å². The molecule has 0 radical (unpaired) electrons. The van der Waals surface area contributed by atoms with Gasteiger partial charge in [0.15, 0.2) is 5.76 Å². The summed E-state index contributed by atoms with van der Waals surface area (Å²) in [7, 11) is 0. The predicted octanol–water partition coefficient (Wildman–Crippen LogP) is 3.16. The third-order valence-corrected chi connectivity index (χ3v) is 4.64. The second-order valence-electron chi connectivity index (χ2n) is 6.32. The highest BCUT2D eigenvalue weighted by Gasteiger charge is 2.24. The van der Waals surface area contributed by atoms with Crippen LogP contribution in [0.15, 0.2) is 59.3 Å². The van der Waals surface area contributed by atoms with Gasteiger partial charge in [0, 0.05) is 18.2 Å². The third-order valence-electron chi connectivity index (χ3n) is 4.64. The van der Waals surface area contributed by atoms with Gasteiger partial charge >= 0.3 is 0 Å². The van der Waals surface area contributed by atoms with Crippen molar-refractivity contribution in [1.82, 2.24) is 15.5 Å². The lowest BCUT2D eigenvalue weighted by atomic mass is 9.83. The number of pyridine rings is 1. The van der Waals surface area contributed by atoms with Gasteiger partial charge < -0.3 is 9.84 Å². The van der Waals surface area contributed by atoms with Crippen LogP contribution in [0.25, 0.3) is 11.4 Å². The molecule has 0 saturated heterocycles. The second kappa shape index (κ2) is 6.89. The van der Waals surface area contributed by atoms with Crippen LogP contribution in [0.3, 0.4) is 0 Å². The molecule has 1 unspecified atom stereocenters. The molecular formula is C20H19N3O2. The molecule has 126 valence electrons. The monoisotopic (exact) mass is 333 g/mol. The largest absolute Gasteiger partial charge is 0.359 e. The topological polar surface area (TPSA) is 68.0 Å². The Labute approximate surface area is 146 Å². The number of nitrogens with one attached hydrogen (secondary N) is 1. The molecule has 5 heteroatoms. The first kappa shape index (κ1) is 15.6. The van der Waals surface area contributed by atoms with Gasteiger partial charge in [-0.15, -0.1) is 0 Å². The maximum Gasteiger partial charge on any atom is 0.223 e. The molecule has 1 aliphatic carbocycles. The van der Waals surface area contributed by atoms with E-state index in [1.54, 1.807) is 6.20 Å². The van der Waals surface area contributed by atoms with Crippen molar-refractivity contribution in [3.63, 3.8) is 0 Å². The highest BCUT2D eigenvalue weighted by molar-refractivity contribution is 5.79. The number of aryl methyl sites for hydroxylation is 1. The standard InChI is InChI=1S/C20H19N3O2/c24-20(16-9-8-14-5-1-2-6-15(14)11-16)22-13-17-12-19(23-25-17)18-7-3-4-10-21-18/h1-7,10,12,16H,8-9,11,13H2,(H,22,24). The maximum absolute atomic E-state index is 12.5. The van der Waals surface area contributed by atoms with E-state index >= 15 is 0 Å². The number of nitrogens with zero attached hydrogens (tertiary/aromatic N) is 2. The Morgan fingerprint density at radius 1 is 1.12 bits per heavy atom. The quantitative estimate of drug-likeness (QED) is 0.796. The van der Waals surface area contributed by atoms with E-state index in [1.165, 1.54) is 11.1 Å². The Bertz CT molecular complexity index is 873. The summed E-state index contributed by atoms with van der Waals surface area (Å²) in [6, 6.07) is 15.8. The lowest BCUT2D eigenvalue weighted by molar-refractivity contribution is -0.125. The number of benzene rings is 1. The van der Waals surface area contributed by atoms with Gasteiger partial charge in [-0.25, -0.2) is 0 Å². The number of aromatic nitrogens is 2. The van der Waals surface area contributed by atoms with E-state index in [-0.39, 0.29) is 11.8 Å². The molecule has 1 aromatic carbocycles. The summed E-state index contributed by atoms with van der Waals surface area (Å²) < 4.78 is 5.31. The summed E-state index contributed by atoms with van der Waals surface area (Å²) in [4.78, 5) is 16.7. The van der Waals surface area contributed by atoms with Crippen molar-refractivity contribution in [2.75, 3.05) is 0 Å². The molecule has 0 spiro atoms. The summed E-state index contributed by atoms with van der Waals surface area (Å²) in [6.45, 7) is 0.344. The first-order valence-electron chi connectivity index (χ1n) is 8.51.